The first-order chi connectivity index (χ1) is 7.36. The number of quaternary nitrogens is 1. The van der Waals surface area contributed by atoms with Crippen molar-refractivity contribution >= 4 is 0 Å². The lowest BCUT2D eigenvalue weighted by Crippen LogP contribution is -3.13. The minimum atomic E-state index is 1.05. The summed E-state index contributed by atoms with van der Waals surface area (Å²) in [6.45, 7) is 13.7. The maximum Gasteiger partial charge on any atom is 0.0773 e. The van der Waals surface area contributed by atoms with Gasteiger partial charge < -0.3 is 16.7 Å². The molecule has 0 aliphatic carbocycles. The van der Waals surface area contributed by atoms with Crippen molar-refractivity contribution in [1.29, 1.82) is 5.26 Å². The first-order valence-corrected chi connectivity index (χ1v) is 6.42. The minimum Gasteiger partial charge on any atom is -0.512 e. The average molecular weight is 210 g/mol. The number of hydrogen-bond donors (Lipinski definition) is 1. The van der Waals surface area contributed by atoms with Gasteiger partial charge in [-0.1, -0.05) is 26.7 Å². The second-order valence-corrected chi connectivity index (χ2v) is 4.56. The lowest BCUT2D eigenvalue weighted by molar-refractivity contribution is -0.906. The van der Waals surface area contributed by atoms with Crippen LogP contribution in [0.2, 0.25) is 0 Å². The normalized spacial score (nSPS) is 25.3. The van der Waals surface area contributed by atoms with Crippen molar-refractivity contribution in [1.82, 2.24) is 0 Å². The summed E-state index contributed by atoms with van der Waals surface area (Å²) < 4.78 is 0. The molecule has 0 aromatic carbocycles. The van der Waals surface area contributed by atoms with Crippen LogP contribution in [-0.2, 0) is 0 Å². The second kappa shape index (κ2) is 9.98. The molecule has 0 unspecified atom stereocenters. The highest BCUT2D eigenvalue weighted by Gasteiger charge is 2.19. The van der Waals surface area contributed by atoms with Crippen LogP contribution in [0.15, 0.2) is 0 Å². The van der Waals surface area contributed by atoms with Crippen molar-refractivity contribution in [2.45, 2.75) is 52.4 Å². The van der Waals surface area contributed by atoms with Gasteiger partial charge in [0.05, 0.1) is 19.6 Å². The molecule has 0 aromatic heterocycles. The SMILES string of the molecule is CCCCC[NH+]1CCC(CC)CC1.[C-]#N. The van der Waals surface area contributed by atoms with Crippen LogP contribution in [0.1, 0.15) is 52.4 Å². The van der Waals surface area contributed by atoms with Gasteiger partial charge >= 0.3 is 0 Å². The van der Waals surface area contributed by atoms with Crippen LogP contribution in [0.4, 0.5) is 0 Å². The van der Waals surface area contributed by atoms with E-state index < -0.39 is 0 Å². The molecule has 1 aliphatic rings. The van der Waals surface area contributed by atoms with Crippen molar-refractivity contribution in [3.8, 4) is 0 Å². The standard InChI is InChI=1S/C12H25N.CN/c1-3-5-6-9-13-10-7-12(4-2)8-11-13;1-2/h12H,3-11H2,1-2H3;/q;-1/p+1. The summed E-state index contributed by atoms with van der Waals surface area (Å²) in [5.74, 6) is 1.05. The third-order valence-electron chi connectivity index (χ3n) is 3.52. The molecule has 0 atom stereocenters. The highest BCUT2D eigenvalue weighted by atomic mass is 15.1. The van der Waals surface area contributed by atoms with Gasteiger partial charge in [0.15, 0.2) is 0 Å². The van der Waals surface area contributed by atoms with Crippen molar-refractivity contribution in [3.63, 3.8) is 0 Å². The van der Waals surface area contributed by atoms with E-state index in [0.29, 0.717) is 0 Å². The van der Waals surface area contributed by atoms with Crippen LogP contribution in [0, 0.1) is 17.8 Å². The number of piperidine rings is 1. The zero-order chi connectivity index (χ0) is 11.5. The van der Waals surface area contributed by atoms with E-state index in [2.05, 4.69) is 13.8 Å². The van der Waals surface area contributed by atoms with Crippen LogP contribution in [0.5, 0.6) is 0 Å². The van der Waals surface area contributed by atoms with E-state index in [4.69, 9.17) is 11.8 Å². The lowest BCUT2D eigenvalue weighted by Gasteiger charge is -2.28. The van der Waals surface area contributed by atoms with Crippen LogP contribution in [-0.4, -0.2) is 19.6 Å². The Morgan fingerprint density at radius 2 is 1.73 bits per heavy atom. The molecule has 1 rings (SSSR count). The number of hydrogen-bond acceptors (Lipinski definition) is 1. The van der Waals surface area contributed by atoms with E-state index in [1.54, 1.807) is 0 Å². The van der Waals surface area contributed by atoms with E-state index in [-0.39, 0.29) is 0 Å². The second-order valence-electron chi connectivity index (χ2n) is 4.56. The molecule has 1 saturated heterocycles. The van der Waals surface area contributed by atoms with Gasteiger partial charge in [0.1, 0.15) is 0 Å². The molecule has 88 valence electrons. The van der Waals surface area contributed by atoms with Gasteiger partial charge in [0, 0.05) is 0 Å². The average Bonchev–Trinajstić information content (AvgIpc) is 2.33. The third-order valence-corrected chi connectivity index (χ3v) is 3.52. The van der Waals surface area contributed by atoms with Gasteiger partial charge in [-0.05, 0) is 31.6 Å². The summed E-state index contributed by atoms with van der Waals surface area (Å²) in [5.41, 5.74) is 0. The number of nitrogens with zero attached hydrogens (tertiary/aromatic N) is 1. The quantitative estimate of drug-likeness (QED) is 0.545. The fraction of sp³-hybridized carbons (Fsp3) is 0.923. The highest BCUT2D eigenvalue weighted by molar-refractivity contribution is 4.59. The Bertz CT molecular complexity index is 143. The molecule has 0 bridgehead atoms. The summed E-state index contributed by atoms with van der Waals surface area (Å²) in [6.07, 6.45) is 8.62. The summed E-state index contributed by atoms with van der Waals surface area (Å²) in [5, 5.41) is 6.25. The number of rotatable bonds is 5. The maximum absolute atomic E-state index is 6.25. The molecule has 1 N–H and O–H groups in total. The van der Waals surface area contributed by atoms with E-state index in [1.165, 1.54) is 58.2 Å². The van der Waals surface area contributed by atoms with Crippen LogP contribution in [0.3, 0.4) is 0 Å². The fourth-order valence-electron chi connectivity index (χ4n) is 2.37. The largest absolute Gasteiger partial charge is 0.512 e. The predicted octanol–water partition coefficient (Wildman–Crippen LogP) is 1.98. The Hall–Kier alpha value is -0.550. The van der Waals surface area contributed by atoms with E-state index in [1.807, 2.05) is 4.90 Å². The third kappa shape index (κ3) is 6.52. The molecule has 1 heterocycles. The van der Waals surface area contributed by atoms with Crippen molar-refractivity contribution in [2.75, 3.05) is 19.6 Å². The predicted molar refractivity (Wildman–Crippen MR) is 63.1 cm³/mol. The van der Waals surface area contributed by atoms with E-state index in [9.17, 15) is 0 Å². The zero-order valence-electron chi connectivity index (χ0n) is 10.4. The van der Waals surface area contributed by atoms with Crippen molar-refractivity contribution in [2.24, 2.45) is 5.92 Å². The topological polar surface area (TPSA) is 28.2 Å². The molecule has 2 heteroatoms. The van der Waals surface area contributed by atoms with Gasteiger partial charge in [0.2, 0.25) is 0 Å². The summed E-state index contributed by atoms with van der Waals surface area (Å²) in [4.78, 5) is 1.87. The van der Waals surface area contributed by atoms with Gasteiger partial charge in [-0.2, -0.15) is 0 Å². The van der Waals surface area contributed by atoms with Crippen LogP contribution >= 0.6 is 0 Å². The Balaban J connectivity index is 0.000000921. The monoisotopic (exact) mass is 210 g/mol. The molecule has 1 aliphatic heterocycles. The van der Waals surface area contributed by atoms with E-state index >= 15 is 0 Å². The molecule has 2 nitrogen and oxygen atoms in total. The lowest BCUT2D eigenvalue weighted by atomic mass is 9.94. The van der Waals surface area contributed by atoms with Gasteiger partial charge in [0.25, 0.3) is 0 Å². The molecule has 0 aromatic rings. The molecular weight excluding hydrogens is 184 g/mol. The molecule has 0 saturated carbocycles. The number of likely N-dealkylation sites (tertiary alicyclic amines) is 1. The van der Waals surface area contributed by atoms with Gasteiger partial charge in [-0.15, -0.1) is 0 Å². The summed E-state index contributed by atoms with van der Waals surface area (Å²) in [7, 11) is 0. The Labute approximate surface area is 95.3 Å². The Kier molecular flexibility index (Phi) is 9.62. The summed E-state index contributed by atoms with van der Waals surface area (Å²) >= 11 is 0. The highest BCUT2D eigenvalue weighted by Crippen LogP contribution is 2.12. The van der Waals surface area contributed by atoms with Gasteiger partial charge in [-0.3, -0.25) is 0 Å². The Morgan fingerprint density at radius 1 is 1.13 bits per heavy atom. The Morgan fingerprint density at radius 3 is 2.20 bits per heavy atom. The molecular formula is C13H26N2. The number of unbranched alkanes of at least 4 members (excludes halogenated alkanes) is 2. The smallest absolute Gasteiger partial charge is 0.0773 e. The maximum atomic E-state index is 6.25. The van der Waals surface area contributed by atoms with Crippen LogP contribution < -0.4 is 4.90 Å². The van der Waals surface area contributed by atoms with Crippen molar-refractivity contribution in [3.05, 3.63) is 6.57 Å². The molecule has 0 radical (unpaired) electrons. The first kappa shape index (κ1) is 14.5. The van der Waals surface area contributed by atoms with Crippen LogP contribution in [0.25, 0.3) is 0 Å². The van der Waals surface area contributed by atoms with E-state index in [0.717, 1.165) is 5.92 Å². The molecule has 15 heavy (non-hydrogen) atoms. The first-order valence-electron chi connectivity index (χ1n) is 6.42. The minimum absolute atomic E-state index is 1.05. The fourth-order valence-corrected chi connectivity index (χ4v) is 2.37. The molecule has 1 fully saturated rings. The summed E-state index contributed by atoms with van der Waals surface area (Å²) in [6, 6.07) is 0. The van der Waals surface area contributed by atoms with Gasteiger partial charge in [-0.25, -0.2) is 0 Å². The molecule has 0 spiro atoms. The zero-order valence-corrected chi connectivity index (χ0v) is 10.4. The molecule has 0 amide bonds. The number of nitrogens with one attached hydrogen (secondary N) is 1. The van der Waals surface area contributed by atoms with Crippen molar-refractivity contribution < 1.29 is 4.90 Å².